The molecule has 5 heteroatoms. The Morgan fingerprint density at radius 3 is 2.18 bits per heavy atom. The normalized spacial score (nSPS) is 18.4. The Hall–Kier alpha value is -1.10. The van der Waals surface area contributed by atoms with Crippen LogP contribution in [-0.4, -0.2) is 47.6 Å². The summed E-state index contributed by atoms with van der Waals surface area (Å²) in [6.07, 6.45) is 2.03. The smallest absolute Gasteiger partial charge is 0.227 e. The summed E-state index contributed by atoms with van der Waals surface area (Å²) >= 11 is 0. The maximum Gasteiger partial charge on any atom is 0.227 e. The number of rotatable bonds is 5. The van der Waals surface area contributed by atoms with Crippen molar-refractivity contribution in [2.24, 2.45) is 17.3 Å². The Bertz CT molecular complexity index is 380. The lowest BCUT2D eigenvalue weighted by molar-refractivity contribution is -0.142. The highest BCUT2D eigenvalue weighted by Crippen LogP contribution is 2.24. The van der Waals surface area contributed by atoms with E-state index < -0.39 is 0 Å². The second kappa shape index (κ2) is 7.95. The van der Waals surface area contributed by atoms with Crippen molar-refractivity contribution in [3.8, 4) is 0 Å². The highest BCUT2D eigenvalue weighted by atomic mass is 16.3. The zero-order valence-electron chi connectivity index (χ0n) is 14.7. The molecule has 0 aromatic heterocycles. The van der Waals surface area contributed by atoms with Gasteiger partial charge in [-0.05, 0) is 25.2 Å². The molecule has 0 aliphatic carbocycles. The van der Waals surface area contributed by atoms with Gasteiger partial charge >= 0.3 is 0 Å². The predicted octanol–water partition coefficient (Wildman–Crippen LogP) is 1.79. The zero-order valence-corrected chi connectivity index (χ0v) is 14.7. The van der Waals surface area contributed by atoms with E-state index in [1.54, 1.807) is 0 Å². The number of aliphatic hydroxyl groups is 1. The number of hydrogen-bond donors (Lipinski definition) is 2. The van der Waals surface area contributed by atoms with Crippen LogP contribution < -0.4 is 5.32 Å². The lowest BCUT2D eigenvalue weighted by Gasteiger charge is -2.36. The van der Waals surface area contributed by atoms with E-state index in [1.165, 1.54) is 0 Å². The Kier molecular flexibility index (Phi) is 6.85. The Labute approximate surface area is 134 Å². The van der Waals surface area contributed by atoms with Gasteiger partial charge in [0, 0.05) is 37.1 Å². The average Bonchev–Trinajstić information content (AvgIpc) is 2.45. The summed E-state index contributed by atoms with van der Waals surface area (Å²) in [5.74, 6) is 0.504. The van der Waals surface area contributed by atoms with Crippen LogP contribution in [0.4, 0.5) is 0 Å². The van der Waals surface area contributed by atoms with E-state index in [0.717, 1.165) is 12.8 Å². The molecule has 0 radical (unpaired) electrons. The molecule has 128 valence electrons. The molecule has 0 spiro atoms. The van der Waals surface area contributed by atoms with E-state index in [-0.39, 0.29) is 35.8 Å². The molecule has 1 aliphatic heterocycles. The summed E-state index contributed by atoms with van der Waals surface area (Å²) in [6, 6.07) is 0.0201. The number of likely N-dealkylation sites (tertiary alicyclic amines) is 1. The number of hydrogen-bond acceptors (Lipinski definition) is 3. The molecular formula is C17H32N2O3. The molecule has 1 fully saturated rings. The van der Waals surface area contributed by atoms with Crippen LogP contribution in [0.3, 0.4) is 0 Å². The van der Waals surface area contributed by atoms with Gasteiger partial charge in [-0.1, -0.05) is 34.6 Å². The fourth-order valence-corrected chi connectivity index (χ4v) is 2.83. The molecule has 0 saturated carbocycles. The standard InChI is InChI=1S/C17H32N2O3/c1-12(2)14(8-11-20)18-15(21)13-6-9-19(10-7-13)16(22)17(3,4)5/h12-14,20H,6-11H2,1-5H3,(H,18,21). The molecule has 1 unspecified atom stereocenters. The molecule has 1 saturated heterocycles. The van der Waals surface area contributed by atoms with Gasteiger partial charge in [-0.15, -0.1) is 0 Å². The minimum Gasteiger partial charge on any atom is -0.396 e. The minimum absolute atomic E-state index is 0.0201. The minimum atomic E-state index is -0.362. The summed E-state index contributed by atoms with van der Waals surface area (Å²) in [7, 11) is 0. The first-order valence-electron chi connectivity index (χ1n) is 8.37. The highest BCUT2D eigenvalue weighted by molar-refractivity contribution is 5.82. The van der Waals surface area contributed by atoms with Gasteiger partial charge < -0.3 is 15.3 Å². The lowest BCUT2D eigenvalue weighted by Crippen LogP contribution is -2.48. The number of nitrogens with one attached hydrogen (secondary N) is 1. The van der Waals surface area contributed by atoms with Gasteiger partial charge in [0.1, 0.15) is 0 Å². The molecule has 22 heavy (non-hydrogen) atoms. The van der Waals surface area contributed by atoms with E-state index >= 15 is 0 Å². The second-order valence-electron chi connectivity index (χ2n) is 7.69. The van der Waals surface area contributed by atoms with Crippen molar-refractivity contribution >= 4 is 11.8 Å². The molecule has 0 bridgehead atoms. The second-order valence-corrected chi connectivity index (χ2v) is 7.69. The molecular weight excluding hydrogens is 280 g/mol. The number of amides is 2. The van der Waals surface area contributed by atoms with Gasteiger partial charge in [0.25, 0.3) is 0 Å². The number of carbonyl (C=O) groups is 2. The fraction of sp³-hybridized carbons (Fsp3) is 0.882. The maximum absolute atomic E-state index is 12.4. The molecule has 2 N–H and O–H groups in total. The molecule has 0 aromatic rings. The van der Waals surface area contributed by atoms with Crippen molar-refractivity contribution in [3.05, 3.63) is 0 Å². The summed E-state index contributed by atoms with van der Waals surface area (Å²) in [5.41, 5.74) is -0.362. The molecule has 5 nitrogen and oxygen atoms in total. The van der Waals surface area contributed by atoms with Gasteiger partial charge in [0.2, 0.25) is 11.8 Å². The monoisotopic (exact) mass is 312 g/mol. The zero-order chi connectivity index (χ0) is 16.9. The van der Waals surface area contributed by atoms with Crippen LogP contribution in [0.2, 0.25) is 0 Å². The van der Waals surface area contributed by atoms with Crippen LogP contribution in [-0.2, 0) is 9.59 Å². The predicted molar refractivity (Wildman–Crippen MR) is 87.2 cm³/mol. The molecule has 1 atom stereocenters. The average molecular weight is 312 g/mol. The van der Waals surface area contributed by atoms with Crippen molar-refractivity contribution in [2.45, 2.75) is 59.9 Å². The maximum atomic E-state index is 12.4. The first-order chi connectivity index (χ1) is 10.2. The number of piperidine rings is 1. The van der Waals surface area contributed by atoms with Crippen molar-refractivity contribution in [1.29, 1.82) is 0 Å². The third-order valence-electron chi connectivity index (χ3n) is 4.37. The first-order valence-corrected chi connectivity index (χ1v) is 8.37. The van der Waals surface area contributed by atoms with E-state index in [9.17, 15) is 9.59 Å². The molecule has 2 amide bonds. The van der Waals surface area contributed by atoms with Gasteiger partial charge in [-0.25, -0.2) is 0 Å². The Morgan fingerprint density at radius 1 is 1.23 bits per heavy atom. The van der Waals surface area contributed by atoms with Crippen LogP contribution >= 0.6 is 0 Å². The first kappa shape index (κ1) is 18.9. The summed E-state index contributed by atoms with van der Waals surface area (Å²) in [6.45, 7) is 11.3. The summed E-state index contributed by atoms with van der Waals surface area (Å²) in [4.78, 5) is 26.5. The van der Waals surface area contributed by atoms with Crippen LogP contribution in [0.15, 0.2) is 0 Å². The number of aliphatic hydroxyl groups excluding tert-OH is 1. The third-order valence-corrected chi connectivity index (χ3v) is 4.37. The molecule has 0 aromatic carbocycles. The summed E-state index contributed by atoms with van der Waals surface area (Å²) < 4.78 is 0. The van der Waals surface area contributed by atoms with E-state index in [1.807, 2.05) is 39.5 Å². The van der Waals surface area contributed by atoms with Crippen LogP contribution in [0, 0.1) is 17.3 Å². The van der Waals surface area contributed by atoms with Crippen molar-refractivity contribution in [1.82, 2.24) is 10.2 Å². The number of carbonyl (C=O) groups excluding carboxylic acids is 2. The van der Waals surface area contributed by atoms with Gasteiger partial charge in [-0.3, -0.25) is 9.59 Å². The molecule has 1 heterocycles. The van der Waals surface area contributed by atoms with Gasteiger partial charge in [0.05, 0.1) is 0 Å². The topological polar surface area (TPSA) is 69.6 Å². The van der Waals surface area contributed by atoms with Gasteiger partial charge in [0.15, 0.2) is 0 Å². The fourth-order valence-electron chi connectivity index (χ4n) is 2.83. The van der Waals surface area contributed by atoms with E-state index in [0.29, 0.717) is 25.4 Å². The van der Waals surface area contributed by atoms with Crippen LogP contribution in [0.5, 0.6) is 0 Å². The molecule has 1 rings (SSSR count). The number of nitrogens with zero attached hydrogens (tertiary/aromatic N) is 1. The van der Waals surface area contributed by atoms with Crippen molar-refractivity contribution in [3.63, 3.8) is 0 Å². The quantitative estimate of drug-likeness (QED) is 0.813. The van der Waals surface area contributed by atoms with Crippen LogP contribution in [0.25, 0.3) is 0 Å². The lowest BCUT2D eigenvalue weighted by atomic mass is 9.90. The van der Waals surface area contributed by atoms with Gasteiger partial charge in [-0.2, -0.15) is 0 Å². The molecule has 1 aliphatic rings. The van der Waals surface area contributed by atoms with E-state index in [2.05, 4.69) is 5.32 Å². The summed E-state index contributed by atoms with van der Waals surface area (Å²) in [5, 5.41) is 12.1. The third kappa shape index (κ3) is 5.27. The van der Waals surface area contributed by atoms with Crippen LogP contribution in [0.1, 0.15) is 53.9 Å². The SMILES string of the molecule is CC(C)C(CCO)NC(=O)C1CCN(C(=O)C(C)(C)C)CC1. The Morgan fingerprint density at radius 2 is 1.77 bits per heavy atom. The highest BCUT2D eigenvalue weighted by Gasteiger charge is 2.33. The van der Waals surface area contributed by atoms with Crippen molar-refractivity contribution < 1.29 is 14.7 Å². The van der Waals surface area contributed by atoms with Crippen molar-refractivity contribution in [2.75, 3.05) is 19.7 Å². The Balaban J connectivity index is 2.50. The van der Waals surface area contributed by atoms with E-state index in [4.69, 9.17) is 5.11 Å². The largest absolute Gasteiger partial charge is 0.396 e.